The van der Waals surface area contributed by atoms with Crippen LogP contribution in [0, 0.1) is 13.8 Å². The largest absolute Gasteiger partial charge is 0.423 e. The van der Waals surface area contributed by atoms with Crippen molar-refractivity contribution in [1.29, 1.82) is 0 Å². The molecule has 18 heavy (non-hydrogen) atoms. The molecule has 0 atom stereocenters. The summed E-state index contributed by atoms with van der Waals surface area (Å²) in [5.74, 6) is 0. The van der Waals surface area contributed by atoms with Crippen LogP contribution in [0.3, 0.4) is 0 Å². The summed E-state index contributed by atoms with van der Waals surface area (Å²) in [5, 5.41) is 0. The van der Waals surface area contributed by atoms with Gasteiger partial charge in [0.25, 0.3) is 6.01 Å². The Hall–Kier alpha value is -2.29. The second-order valence-corrected chi connectivity index (χ2v) is 4.48. The van der Waals surface area contributed by atoms with E-state index in [-0.39, 0.29) is 6.01 Å². The zero-order valence-electron chi connectivity index (χ0n) is 10.4. The maximum atomic E-state index is 5.68. The van der Waals surface area contributed by atoms with E-state index in [1.165, 1.54) is 5.56 Å². The van der Waals surface area contributed by atoms with Gasteiger partial charge in [-0.15, -0.1) is 0 Å². The molecule has 2 N–H and O–H groups in total. The smallest absolute Gasteiger partial charge is 0.293 e. The number of hydrogen-bond acceptors (Lipinski definition) is 3. The Bertz CT molecular complexity index is 714. The first-order valence-corrected chi connectivity index (χ1v) is 5.88. The number of nitrogens with zero attached hydrogens (tertiary/aromatic N) is 1. The lowest BCUT2D eigenvalue weighted by molar-refractivity contribution is 0.623. The number of rotatable bonds is 1. The molecule has 0 fully saturated rings. The van der Waals surface area contributed by atoms with Crippen LogP contribution in [-0.2, 0) is 0 Å². The molecular weight excluding hydrogens is 224 g/mol. The predicted molar refractivity (Wildman–Crippen MR) is 73.3 cm³/mol. The first-order chi connectivity index (χ1) is 8.66. The van der Waals surface area contributed by atoms with Gasteiger partial charge in [0.05, 0.1) is 0 Å². The van der Waals surface area contributed by atoms with Gasteiger partial charge in [-0.1, -0.05) is 36.4 Å². The molecule has 90 valence electrons. The van der Waals surface area contributed by atoms with E-state index in [9.17, 15) is 0 Å². The van der Waals surface area contributed by atoms with Crippen LogP contribution in [0.1, 0.15) is 11.1 Å². The minimum Gasteiger partial charge on any atom is -0.423 e. The first kappa shape index (κ1) is 10.8. The van der Waals surface area contributed by atoms with Crippen LogP contribution in [0.2, 0.25) is 0 Å². The molecule has 3 nitrogen and oxygen atoms in total. The van der Waals surface area contributed by atoms with Crippen LogP contribution in [0.5, 0.6) is 0 Å². The van der Waals surface area contributed by atoms with E-state index in [0.29, 0.717) is 0 Å². The van der Waals surface area contributed by atoms with Crippen molar-refractivity contribution in [3.05, 3.63) is 47.5 Å². The molecule has 0 amide bonds. The van der Waals surface area contributed by atoms with E-state index in [0.717, 1.165) is 27.8 Å². The fraction of sp³-hybridized carbons (Fsp3) is 0.133. The molecule has 0 aliphatic heterocycles. The Balaban J connectivity index is 2.42. The quantitative estimate of drug-likeness (QED) is 0.703. The van der Waals surface area contributed by atoms with E-state index in [4.69, 9.17) is 10.2 Å². The highest BCUT2D eigenvalue weighted by Crippen LogP contribution is 2.34. The Labute approximate surface area is 105 Å². The number of hydrogen-bond donors (Lipinski definition) is 1. The zero-order valence-corrected chi connectivity index (χ0v) is 10.4. The van der Waals surface area contributed by atoms with Crippen LogP contribution in [0.25, 0.3) is 22.2 Å². The zero-order chi connectivity index (χ0) is 12.7. The summed E-state index contributed by atoms with van der Waals surface area (Å²) in [4.78, 5) is 4.32. The van der Waals surface area contributed by atoms with Gasteiger partial charge in [-0.05, 0) is 30.5 Å². The van der Waals surface area contributed by atoms with Crippen LogP contribution in [0.15, 0.2) is 40.8 Å². The lowest BCUT2D eigenvalue weighted by atomic mass is 9.97. The van der Waals surface area contributed by atoms with E-state index in [1.807, 2.05) is 25.1 Å². The summed E-state index contributed by atoms with van der Waals surface area (Å²) in [6.45, 7) is 4.09. The van der Waals surface area contributed by atoms with Gasteiger partial charge in [-0.2, -0.15) is 4.98 Å². The molecule has 0 saturated heterocycles. The van der Waals surface area contributed by atoms with Gasteiger partial charge < -0.3 is 10.2 Å². The van der Waals surface area contributed by atoms with E-state index < -0.39 is 0 Å². The highest BCUT2D eigenvalue weighted by molar-refractivity contribution is 5.95. The summed E-state index contributed by atoms with van der Waals surface area (Å²) in [6.07, 6.45) is 0. The lowest BCUT2D eigenvalue weighted by Crippen LogP contribution is -1.88. The maximum absolute atomic E-state index is 5.68. The second-order valence-electron chi connectivity index (χ2n) is 4.48. The third-order valence-corrected chi connectivity index (χ3v) is 3.13. The Kier molecular flexibility index (Phi) is 2.33. The number of anilines is 1. The number of fused-ring (bicyclic) bond motifs is 1. The van der Waals surface area contributed by atoms with Crippen LogP contribution in [-0.4, -0.2) is 4.98 Å². The van der Waals surface area contributed by atoms with Crippen molar-refractivity contribution in [3.63, 3.8) is 0 Å². The maximum Gasteiger partial charge on any atom is 0.293 e. The van der Waals surface area contributed by atoms with Crippen molar-refractivity contribution in [1.82, 2.24) is 4.98 Å². The predicted octanol–water partition coefficient (Wildman–Crippen LogP) is 3.69. The molecule has 3 aromatic rings. The summed E-state index contributed by atoms with van der Waals surface area (Å²) >= 11 is 0. The number of aryl methyl sites for hydroxylation is 2. The average Bonchev–Trinajstić information content (AvgIpc) is 2.72. The summed E-state index contributed by atoms with van der Waals surface area (Å²) in [7, 11) is 0. The third kappa shape index (κ3) is 1.56. The fourth-order valence-electron chi connectivity index (χ4n) is 2.39. The van der Waals surface area contributed by atoms with Gasteiger partial charge in [0.1, 0.15) is 5.52 Å². The van der Waals surface area contributed by atoms with Crippen LogP contribution >= 0.6 is 0 Å². The minimum absolute atomic E-state index is 0.218. The molecule has 2 aromatic carbocycles. The van der Waals surface area contributed by atoms with Gasteiger partial charge in [0.15, 0.2) is 5.58 Å². The molecule has 0 spiro atoms. The molecule has 1 heterocycles. The summed E-state index contributed by atoms with van der Waals surface area (Å²) < 4.78 is 5.48. The topological polar surface area (TPSA) is 52.0 Å². The normalized spacial score (nSPS) is 11.0. The van der Waals surface area contributed by atoms with Gasteiger partial charge >= 0.3 is 0 Å². The highest BCUT2D eigenvalue weighted by atomic mass is 16.4. The third-order valence-electron chi connectivity index (χ3n) is 3.13. The standard InChI is InChI=1S/C15H14N2O/c1-9-8-10(2)14-13(17-15(16)18-14)12(9)11-6-4-3-5-7-11/h3-8H,1-2H3,(H2,16,17). The highest BCUT2D eigenvalue weighted by Gasteiger charge is 2.14. The number of oxazole rings is 1. The van der Waals surface area contributed by atoms with E-state index in [2.05, 4.69) is 30.1 Å². The molecule has 0 saturated carbocycles. The molecule has 0 bridgehead atoms. The number of nitrogens with two attached hydrogens (primary N) is 1. The van der Waals surface area contributed by atoms with Crippen molar-refractivity contribution in [3.8, 4) is 11.1 Å². The lowest BCUT2D eigenvalue weighted by Gasteiger charge is -2.08. The Morgan fingerprint density at radius 3 is 2.50 bits per heavy atom. The van der Waals surface area contributed by atoms with E-state index in [1.54, 1.807) is 0 Å². The van der Waals surface area contributed by atoms with Gasteiger partial charge in [-0.25, -0.2) is 0 Å². The molecule has 0 aliphatic carbocycles. The number of nitrogen functional groups attached to an aromatic ring is 1. The van der Waals surface area contributed by atoms with Crippen molar-refractivity contribution < 1.29 is 4.42 Å². The molecule has 0 unspecified atom stereocenters. The van der Waals surface area contributed by atoms with Crippen molar-refractivity contribution in [2.24, 2.45) is 0 Å². The van der Waals surface area contributed by atoms with E-state index >= 15 is 0 Å². The first-order valence-electron chi connectivity index (χ1n) is 5.88. The van der Waals surface area contributed by atoms with Crippen molar-refractivity contribution >= 4 is 17.1 Å². The minimum atomic E-state index is 0.218. The second kappa shape index (κ2) is 3.88. The summed E-state index contributed by atoms with van der Waals surface area (Å²) in [6, 6.07) is 12.5. The summed E-state index contributed by atoms with van der Waals surface area (Å²) in [5.41, 5.74) is 11.8. The van der Waals surface area contributed by atoms with Crippen molar-refractivity contribution in [2.45, 2.75) is 13.8 Å². The van der Waals surface area contributed by atoms with Crippen LogP contribution < -0.4 is 5.73 Å². The SMILES string of the molecule is Cc1cc(C)c2oc(N)nc2c1-c1ccccc1. The Morgan fingerprint density at radius 1 is 1.06 bits per heavy atom. The fourth-order valence-corrected chi connectivity index (χ4v) is 2.39. The average molecular weight is 238 g/mol. The number of benzene rings is 2. The van der Waals surface area contributed by atoms with Crippen molar-refractivity contribution in [2.75, 3.05) is 5.73 Å². The Morgan fingerprint density at radius 2 is 1.78 bits per heavy atom. The molecule has 0 radical (unpaired) electrons. The van der Waals surface area contributed by atoms with Crippen LogP contribution in [0.4, 0.5) is 6.01 Å². The molecule has 1 aromatic heterocycles. The van der Waals surface area contributed by atoms with Gasteiger partial charge in [0.2, 0.25) is 0 Å². The van der Waals surface area contributed by atoms with Gasteiger partial charge in [0, 0.05) is 5.56 Å². The molecule has 3 heteroatoms. The molecule has 3 rings (SSSR count). The van der Waals surface area contributed by atoms with Gasteiger partial charge in [-0.3, -0.25) is 0 Å². The molecule has 0 aliphatic rings. The molecular formula is C15H14N2O. The number of aromatic nitrogens is 1. The monoisotopic (exact) mass is 238 g/mol.